The van der Waals surface area contributed by atoms with Gasteiger partial charge in [-0.05, 0) is 18.1 Å². The van der Waals surface area contributed by atoms with Gasteiger partial charge in [0.25, 0.3) is 5.91 Å². The summed E-state index contributed by atoms with van der Waals surface area (Å²) in [7, 11) is 0. The van der Waals surface area contributed by atoms with Gasteiger partial charge >= 0.3 is 0 Å². The van der Waals surface area contributed by atoms with Crippen LogP contribution in [0.15, 0.2) is 36.7 Å². The van der Waals surface area contributed by atoms with Gasteiger partial charge in [-0.1, -0.05) is 26.0 Å². The predicted molar refractivity (Wildman–Crippen MR) is 115 cm³/mol. The number of carbonyl (C=O) groups excluding carboxylic acids is 2. The second kappa shape index (κ2) is 9.20. The number of benzene rings is 1. The molecule has 0 bridgehead atoms. The zero-order valence-electron chi connectivity index (χ0n) is 17.9. The molecular formula is C22H27N5O4. The average Bonchev–Trinajstić information content (AvgIpc) is 2.80. The van der Waals surface area contributed by atoms with Crippen molar-refractivity contribution in [1.29, 1.82) is 0 Å². The number of para-hydroxylation sites is 2. The van der Waals surface area contributed by atoms with Crippen LogP contribution >= 0.6 is 0 Å². The molecule has 1 aromatic heterocycles. The van der Waals surface area contributed by atoms with Crippen molar-refractivity contribution in [3.05, 3.63) is 36.7 Å². The number of rotatable bonds is 6. The maximum Gasteiger partial charge on any atom is 0.265 e. The van der Waals surface area contributed by atoms with Crippen molar-refractivity contribution in [3.8, 4) is 11.6 Å². The first kappa shape index (κ1) is 20.9. The topological polar surface area (TPSA) is 88.1 Å². The van der Waals surface area contributed by atoms with E-state index in [-0.39, 0.29) is 25.0 Å². The molecule has 0 spiro atoms. The van der Waals surface area contributed by atoms with Gasteiger partial charge in [0.05, 0.1) is 12.3 Å². The van der Waals surface area contributed by atoms with E-state index < -0.39 is 0 Å². The molecule has 9 heteroatoms. The average molecular weight is 425 g/mol. The highest BCUT2D eigenvalue weighted by Crippen LogP contribution is 2.31. The molecule has 31 heavy (non-hydrogen) atoms. The normalized spacial score (nSPS) is 16.2. The summed E-state index contributed by atoms with van der Waals surface area (Å²) in [6, 6.07) is 9.12. The van der Waals surface area contributed by atoms with Crippen LogP contribution < -0.4 is 19.3 Å². The number of piperazine rings is 1. The van der Waals surface area contributed by atoms with Crippen molar-refractivity contribution in [3.63, 3.8) is 0 Å². The number of hydrogen-bond acceptors (Lipinski definition) is 7. The minimum absolute atomic E-state index is 0.0138. The highest BCUT2D eigenvalue weighted by molar-refractivity contribution is 6.02. The second-order valence-electron chi connectivity index (χ2n) is 8.02. The first-order valence-electron chi connectivity index (χ1n) is 10.5. The molecule has 3 heterocycles. The number of carbonyl (C=O) groups is 2. The van der Waals surface area contributed by atoms with E-state index in [1.807, 2.05) is 18.2 Å². The van der Waals surface area contributed by atoms with Crippen LogP contribution in [0, 0.1) is 5.92 Å². The molecule has 2 aromatic rings. The summed E-state index contributed by atoms with van der Waals surface area (Å²) < 4.78 is 11.1. The molecule has 164 valence electrons. The number of anilines is 2. The molecule has 0 N–H and O–H groups in total. The van der Waals surface area contributed by atoms with Crippen LogP contribution in [0.3, 0.4) is 0 Å². The molecule has 2 aliphatic rings. The predicted octanol–water partition coefficient (Wildman–Crippen LogP) is 1.59. The number of ether oxygens (including phenoxy) is 2. The lowest BCUT2D eigenvalue weighted by atomic mass is 10.2. The molecule has 0 atom stereocenters. The highest BCUT2D eigenvalue weighted by atomic mass is 16.5. The summed E-state index contributed by atoms with van der Waals surface area (Å²) in [5.74, 6) is 2.10. The van der Waals surface area contributed by atoms with E-state index in [1.54, 1.807) is 17.0 Å². The minimum atomic E-state index is -0.208. The Morgan fingerprint density at radius 1 is 1.16 bits per heavy atom. The number of hydrogen-bond donors (Lipinski definition) is 0. The summed E-state index contributed by atoms with van der Waals surface area (Å²) in [6.45, 7) is 7.16. The van der Waals surface area contributed by atoms with Gasteiger partial charge in [0.2, 0.25) is 11.8 Å². The second-order valence-corrected chi connectivity index (χ2v) is 8.02. The monoisotopic (exact) mass is 425 g/mol. The molecule has 1 saturated heterocycles. The molecular weight excluding hydrogens is 398 g/mol. The zero-order valence-corrected chi connectivity index (χ0v) is 17.9. The number of nitrogens with zero attached hydrogens (tertiary/aromatic N) is 5. The van der Waals surface area contributed by atoms with Crippen molar-refractivity contribution >= 4 is 23.3 Å². The smallest absolute Gasteiger partial charge is 0.265 e. The third-order valence-electron chi connectivity index (χ3n) is 5.25. The van der Waals surface area contributed by atoms with Crippen molar-refractivity contribution in [2.24, 2.45) is 5.92 Å². The number of amides is 2. The summed E-state index contributed by atoms with van der Waals surface area (Å²) in [6.07, 6.45) is 1.50. The van der Waals surface area contributed by atoms with Gasteiger partial charge in [0, 0.05) is 32.2 Å². The standard InChI is InChI=1S/C22H27N5O4/c1-16(2)13-31-20-11-19(23-15-24-20)25-7-9-26(10-8-25)21(28)12-27-17-5-3-4-6-18(17)30-14-22(27)29/h3-6,11,15-16H,7-10,12-14H2,1-2H3. The molecule has 0 radical (unpaired) electrons. The Balaban J connectivity index is 1.35. The van der Waals surface area contributed by atoms with Gasteiger partial charge in [-0.3, -0.25) is 14.5 Å². The Kier molecular flexibility index (Phi) is 6.20. The Morgan fingerprint density at radius 2 is 1.94 bits per heavy atom. The summed E-state index contributed by atoms with van der Waals surface area (Å²) in [5.41, 5.74) is 0.639. The fourth-order valence-corrected chi connectivity index (χ4v) is 3.58. The molecule has 1 fully saturated rings. The molecule has 2 amide bonds. The lowest BCUT2D eigenvalue weighted by molar-refractivity contribution is -0.132. The van der Waals surface area contributed by atoms with E-state index in [4.69, 9.17) is 9.47 Å². The van der Waals surface area contributed by atoms with Gasteiger partial charge < -0.3 is 19.3 Å². The van der Waals surface area contributed by atoms with Crippen LogP contribution in [0.4, 0.5) is 11.5 Å². The maximum atomic E-state index is 12.9. The van der Waals surface area contributed by atoms with E-state index in [0.717, 1.165) is 5.82 Å². The molecule has 0 unspecified atom stereocenters. The third-order valence-corrected chi connectivity index (χ3v) is 5.25. The van der Waals surface area contributed by atoms with Crippen LogP contribution in [0.25, 0.3) is 0 Å². The van der Waals surface area contributed by atoms with Gasteiger partial charge in [-0.15, -0.1) is 0 Å². The van der Waals surface area contributed by atoms with Crippen molar-refractivity contribution < 1.29 is 19.1 Å². The van der Waals surface area contributed by atoms with Gasteiger partial charge in [0.15, 0.2) is 6.61 Å². The fraction of sp³-hybridized carbons (Fsp3) is 0.455. The quantitative estimate of drug-likeness (QED) is 0.694. The van der Waals surface area contributed by atoms with Gasteiger partial charge in [-0.2, -0.15) is 0 Å². The van der Waals surface area contributed by atoms with Crippen LogP contribution in [-0.2, 0) is 9.59 Å². The fourth-order valence-electron chi connectivity index (χ4n) is 3.58. The molecule has 9 nitrogen and oxygen atoms in total. The van der Waals surface area contributed by atoms with E-state index in [9.17, 15) is 9.59 Å². The summed E-state index contributed by atoms with van der Waals surface area (Å²) in [5, 5.41) is 0. The zero-order chi connectivity index (χ0) is 21.8. The number of aromatic nitrogens is 2. The molecule has 2 aliphatic heterocycles. The van der Waals surface area contributed by atoms with Crippen LogP contribution in [0.5, 0.6) is 11.6 Å². The molecule has 0 aliphatic carbocycles. The Labute approximate surface area is 181 Å². The van der Waals surface area contributed by atoms with Crippen LogP contribution in [-0.4, -0.2) is 72.6 Å². The van der Waals surface area contributed by atoms with Gasteiger partial charge in [0.1, 0.15) is 24.4 Å². The van der Waals surface area contributed by atoms with Crippen LogP contribution in [0.1, 0.15) is 13.8 Å². The van der Waals surface area contributed by atoms with Crippen molar-refractivity contribution in [2.75, 3.05) is 55.7 Å². The van der Waals surface area contributed by atoms with Gasteiger partial charge in [-0.25, -0.2) is 9.97 Å². The van der Waals surface area contributed by atoms with E-state index >= 15 is 0 Å². The third kappa shape index (κ3) is 4.87. The SMILES string of the molecule is CC(C)COc1cc(N2CCN(C(=O)CN3C(=O)COc4ccccc43)CC2)ncn1. The van der Waals surface area contributed by atoms with Crippen molar-refractivity contribution in [2.45, 2.75) is 13.8 Å². The summed E-state index contributed by atoms with van der Waals surface area (Å²) >= 11 is 0. The Morgan fingerprint density at radius 3 is 2.71 bits per heavy atom. The lowest BCUT2D eigenvalue weighted by Crippen LogP contribution is -2.53. The molecule has 1 aromatic carbocycles. The van der Waals surface area contributed by atoms with E-state index in [0.29, 0.717) is 56.0 Å². The number of fused-ring (bicyclic) bond motifs is 1. The maximum absolute atomic E-state index is 12.9. The summed E-state index contributed by atoms with van der Waals surface area (Å²) in [4.78, 5) is 39.2. The Bertz CT molecular complexity index is 943. The highest BCUT2D eigenvalue weighted by Gasteiger charge is 2.30. The minimum Gasteiger partial charge on any atom is -0.482 e. The van der Waals surface area contributed by atoms with Crippen LogP contribution in [0.2, 0.25) is 0 Å². The van der Waals surface area contributed by atoms with E-state index in [2.05, 4.69) is 28.7 Å². The first-order valence-corrected chi connectivity index (χ1v) is 10.5. The largest absolute Gasteiger partial charge is 0.482 e. The molecule has 0 saturated carbocycles. The molecule has 4 rings (SSSR count). The first-order chi connectivity index (χ1) is 15.0. The van der Waals surface area contributed by atoms with E-state index in [1.165, 1.54) is 11.2 Å². The van der Waals surface area contributed by atoms with Crippen molar-refractivity contribution in [1.82, 2.24) is 14.9 Å². The Hall–Kier alpha value is -3.36. The lowest BCUT2D eigenvalue weighted by Gasteiger charge is -2.37.